The molecule has 0 bridgehead atoms. The lowest BCUT2D eigenvalue weighted by Gasteiger charge is -2.13. The second kappa shape index (κ2) is 5.88. The Morgan fingerprint density at radius 2 is 2.05 bits per heavy atom. The Morgan fingerprint density at radius 3 is 2.68 bits per heavy atom. The summed E-state index contributed by atoms with van der Waals surface area (Å²) in [7, 11) is 0. The van der Waals surface area contributed by atoms with Crippen LogP contribution in [-0.4, -0.2) is 14.9 Å². The smallest absolute Gasteiger partial charge is 0.0849 e. The van der Waals surface area contributed by atoms with E-state index in [2.05, 4.69) is 34.9 Å². The summed E-state index contributed by atoms with van der Waals surface area (Å²) in [6, 6.07) is 8.28. The number of benzene rings is 1. The SMILES string of the molecule is Cc1ccc(Br)cc1C(O)Cc1ccn(C(C)C)n1. The minimum absolute atomic E-state index is 0.346. The number of halogens is 1. The van der Waals surface area contributed by atoms with Crippen molar-refractivity contribution in [2.24, 2.45) is 0 Å². The molecule has 2 rings (SSSR count). The van der Waals surface area contributed by atoms with Crippen molar-refractivity contribution < 1.29 is 5.11 Å². The molecule has 102 valence electrons. The van der Waals surface area contributed by atoms with Crippen LogP contribution in [0, 0.1) is 6.92 Å². The summed E-state index contributed by atoms with van der Waals surface area (Å²) in [6.45, 7) is 6.19. The molecule has 1 N–H and O–H groups in total. The van der Waals surface area contributed by atoms with E-state index in [0.717, 1.165) is 21.3 Å². The highest BCUT2D eigenvalue weighted by molar-refractivity contribution is 9.10. The van der Waals surface area contributed by atoms with Gasteiger partial charge in [-0.25, -0.2) is 0 Å². The van der Waals surface area contributed by atoms with Gasteiger partial charge in [0.15, 0.2) is 0 Å². The molecule has 1 aromatic heterocycles. The van der Waals surface area contributed by atoms with E-state index in [1.165, 1.54) is 0 Å². The first-order valence-corrected chi connectivity index (χ1v) is 7.25. The van der Waals surface area contributed by atoms with Gasteiger partial charge in [-0.15, -0.1) is 0 Å². The van der Waals surface area contributed by atoms with Gasteiger partial charge in [0.25, 0.3) is 0 Å². The first-order valence-electron chi connectivity index (χ1n) is 6.45. The predicted octanol–water partition coefficient (Wildman–Crippen LogP) is 3.81. The molecule has 0 aliphatic rings. The molecule has 2 aromatic rings. The largest absolute Gasteiger partial charge is 0.388 e. The van der Waals surface area contributed by atoms with Gasteiger partial charge in [0, 0.05) is 23.1 Å². The fraction of sp³-hybridized carbons (Fsp3) is 0.400. The molecule has 1 unspecified atom stereocenters. The summed E-state index contributed by atoms with van der Waals surface area (Å²) in [5, 5.41) is 14.8. The maximum atomic E-state index is 10.4. The van der Waals surface area contributed by atoms with Gasteiger partial charge in [0.1, 0.15) is 0 Å². The number of aliphatic hydroxyl groups is 1. The van der Waals surface area contributed by atoms with Crippen LogP contribution in [0.4, 0.5) is 0 Å². The summed E-state index contributed by atoms with van der Waals surface area (Å²) < 4.78 is 2.90. The number of nitrogens with zero attached hydrogens (tertiary/aromatic N) is 2. The third-order valence-electron chi connectivity index (χ3n) is 3.20. The van der Waals surface area contributed by atoms with E-state index in [0.29, 0.717) is 12.5 Å². The highest BCUT2D eigenvalue weighted by Crippen LogP contribution is 2.24. The normalized spacial score (nSPS) is 12.9. The molecule has 0 aliphatic heterocycles. The van der Waals surface area contributed by atoms with Crippen molar-refractivity contribution >= 4 is 15.9 Å². The van der Waals surface area contributed by atoms with Gasteiger partial charge >= 0.3 is 0 Å². The highest BCUT2D eigenvalue weighted by Gasteiger charge is 2.13. The first-order chi connectivity index (χ1) is 8.97. The maximum absolute atomic E-state index is 10.4. The van der Waals surface area contributed by atoms with Crippen LogP contribution in [0.1, 0.15) is 42.8 Å². The number of aryl methyl sites for hydroxylation is 1. The second-order valence-corrected chi connectivity index (χ2v) is 6.02. The van der Waals surface area contributed by atoms with Crippen molar-refractivity contribution in [3.63, 3.8) is 0 Å². The average Bonchev–Trinajstić information content (AvgIpc) is 2.80. The van der Waals surface area contributed by atoms with Gasteiger partial charge in [-0.3, -0.25) is 4.68 Å². The van der Waals surface area contributed by atoms with E-state index < -0.39 is 6.10 Å². The van der Waals surface area contributed by atoms with Crippen molar-refractivity contribution in [2.75, 3.05) is 0 Å². The number of rotatable bonds is 4. The van der Waals surface area contributed by atoms with Crippen LogP contribution >= 0.6 is 15.9 Å². The molecule has 0 amide bonds. The zero-order valence-electron chi connectivity index (χ0n) is 11.5. The van der Waals surface area contributed by atoms with Gasteiger partial charge in [0.05, 0.1) is 11.8 Å². The van der Waals surface area contributed by atoms with Crippen molar-refractivity contribution in [3.8, 4) is 0 Å². The fourth-order valence-corrected chi connectivity index (χ4v) is 2.43. The van der Waals surface area contributed by atoms with Crippen molar-refractivity contribution in [3.05, 3.63) is 51.8 Å². The molecular weight excluding hydrogens is 304 g/mol. The van der Waals surface area contributed by atoms with Gasteiger partial charge < -0.3 is 5.11 Å². The van der Waals surface area contributed by atoms with Crippen LogP contribution in [0.15, 0.2) is 34.9 Å². The Morgan fingerprint density at radius 1 is 1.32 bits per heavy atom. The minimum Gasteiger partial charge on any atom is -0.388 e. The zero-order valence-corrected chi connectivity index (χ0v) is 13.1. The van der Waals surface area contributed by atoms with E-state index >= 15 is 0 Å². The van der Waals surface area contributed by atoms with Crippen molar-refractivity contribution in [2.45, 2.75) is 39.3 Å². The quantitative estimate of drug-likeness (QED) is 0.929. The summed E-state index contributed by atoms with van der Waals surface area (Å²) in [4.78, 5) is 0. The van der Waals surface area contributed by atoms with E-state index in [-0.39, 0.29) is 0 Å². The molecule has 0 spiro atoms. The Hall–Kier alpha value is -1.13. The molecule has 0 fully saturated rings. The van der Waals surface area contributed by atoms with Crippen molar-refractivity contribution in [1.29, 1.82) is 0 Å². The molecule has 0 saturated carbocycles. The molecule has 1 atom stereocenters. The third kappa shape index (κ3) is 3.45. The molecule has 1 heterocycles. The number of hydrogen-bond acceptors (Lipinski definition) is 2. The van der Waals surface area contributed by atoms with E-state index in [1.54, 1.807) is 0 Å². The Labute approximate surface area is 122 Å². The van der Waals surface area contributed by atoms with Crippen LogP contribution in [-0.2, 0) is 6.42 Å². The summed E-state index contributed by atoms with van der Waals surface area (Å²) in [6.07, 6.45) is 1.98. The Balaban J connectivity index is 2.15. The number of hydrogen-bond donors (Lipinski definition) is 1. The first kappa shape index (κ1) is 14.3. The summed E-state index contributed by atoms with van der Waals surface area (Å²) in [5.41, 5.74) is 2.97. The second-order valence-electron chi connectivity index (χ2n) is 5.10. The molecule has 0 aliphatic carbocycles. The monoisotopic (exact) mass is 322 g/mol. The van der Waals surface area contributed by atoms with E-state index in [1.807, 2.05) is 42.1 Å². The van der Waals surface area contributed by atoms with Gasteiger partial charge in [-0.05, 0) is 50.1 Å². The zero-order chi connectivity index (χ0) is 14.0. The molecule has 0 saturated heterocycles. The molecular formula is C15H19BrN2O. The molecule has 1 aromatic carbocycles. The molecule has 19 heavy (non-hydrogen) atoms. The number of aliphatic hydroxyl groups excluding tert-OH is 1. The highest BCUT2D eigenvalue weighted by atomic mass is 79.9. The van der Waals surface area contributed by atoms with Crippen molar-refractivity contribution in [1.82, 2.24) is 9.78 Å². The van der Waals surface area contributed by atoms with Crippen LogP contribution in [0.5, 0.6) is 0 Å². The lowest BCUT2D eigenvalue weighted by Crippen LogP contribution is -2.06. The fourth-order valence-electron chi connectivity index (χ4n) is 2.05. The minimum atomic E-state index is -0.520. The topological polar surface area (TPSA) is 38.0 Å². The van der Waals surface area contributed by atoms with Gasteiger partial charge in [-0.1, -0.05) is 22.0 Å². The molecule has 3 nitrogen and oxygen atoms in total. The molecule has 4 heteroatoms. The van der Waals surface area contributed by atoms with E-state index in [9.17, 15) is 5.11 Å². The lowest BCUT2D eigenvalue weighted by molar-refractivity contribution is 0.176. The summed E-state index contributed by atoms with van der Waals surface area (Å²) in [5.74, 6) is 0. The van der Waals surface area contributed by atoms with E-state index in [4.69, 9.17) is 0 Å². The van der Waals surface area contributed by atoms with Gasteiger partial charge in [-0.2, -0.15) is 5.10 Å². The predicted molar refractivity (Wildman–Crippen MR) is 80.2 cm³/mol. The van der Waals surface area contributed by atoms with Gasteiger partial charge in [0.2, 0.25) is 0 Å². The van der Waals surface area contributed by atoms with Crippen LogP contribution in [0.2, 0.25) is 0 Å². The third-order valence-corrected chi connectivity index (χ3v) is 3.69. The maximum Gasteiger partial charge on any atom is 0.0849 e. The standard InChI is InChI=1S/C15H19BrN2O/c1-10(2)18-7-6-13(17-18)9-15(19)14-8-12(16)5-4-11(14)3/h4-8,10,15,19H,9H2,1-3H3. The van der Waals surface area contributed by atoms with Crippen LogP contribution < -0.4 is 0 Å². The van der Waals surface area contributed by atoms with Crippen LogP contribution in [0.3, 0.4) is 0 Å². The number of aromatic nitrogens is 2. The Kier molecular flexibility index (Phi) is 4.42. The lowest BCUT2D eigenvalue weighted by atomic mass is 10.0. The average molecular weight is 323 g/mol. The van der Waals surface area contributed by atoms with Crippen LogP contribution in [0.25, 0.3) is 0 Å². The molecule has 0 radical (unpaired) electrons. The Bertz CT molecular complexity index is 563. The summed E-state index contributed by atoms with van der Waals surface area (Å²) >= 11 is 3.44.